The Balaban J connectivity index is 0.00000280. The molecule has 14 aromatic rings. The van der Waals surface area contributed by atoms with Crippen molar-refractivity contribution in [2.45, 2.75) is 13.8 Å². The van der Waals surface area contributed by atoms with Crippen molar-refractivity contribution in [3.8, 4) is 16.8 Å². The molecule has 0 atom stereocenters. The Bertz CT molecular complexity index is 4360. The van der Waals surface area contributed by atoms with E-state index in [0.29, 0.717) is 0 Å². The zero-order valence-corrected chi connectivity index (χ0v) is 42.9. The number of fused-ring (bicyclic) bond motifs is 7. The lowest BCUT2D eigenvalue weighted by molar-refractivity contribution is 0.669. The summed E-state index contributed by atoms with van der Waals surface area (Å²) in [5.41, 5.74) is 16.8. The number of hydrogen-bond donors (Lipinski definition) is 0. The first kappa shape index (κ1) is 46.7. The first-order valence-corrected chi connectivity index (χ1v) is 26.5. The van der Waals surface area contributed by atoms with E-state index in [9.17, 15) is 0 Å². The third-order valence-corrected chi connectivity index (χ3v) is 14.5. The third kappa shape index (κ3) is 8.70. The number of rotatable bonds is 11. The maximum absolute atomic E-state index is 6.91. The van der Waals surface area contributed by atoms with Gasteiger partial charge in [0.05, 0.1) is 11.0 Å². The van der Waals surface area contributed by atoms with E-state index in [4.69, 9.17) is 4.42 Å². The van der Waals surface area contributed by atoms with Crippen LogP contribution in [0.3, 0.4) is 0 Å². The molecule has 0 spiro atoms. The second kappa shape index (κ2) is 20.3. The minimum atomic E-state index is 0.819. The molecular formula is C72H54N4O. The van der Waals surface area contributed by atoms with Crippen molar-refractivity contribution in [1.82, 2.24) is 4.57 Å². The Morgan fingerprint density at radius 2 is 0.623 bits per heavy atom. The highest BCUT2D eigenvalue weighted by molar-refractivity contribution is 6.12. The molecule has 0 bridgehead atoms. The van der Waals surface area contributed by atoms with Gasteiger partial charge in [-0.15, -0.1) is 0 Å². The van der Waals surface area contributed by atoms with Crippen LogP contribution < -0.4 is 14.7 Å². The fourth-order valence-corrected chi connectivity index (χ4v) is 11.0. The fourth-order valence-electron chi connectivity index (χ4n) is 11.0. The molecule has 0 amide bonds. The summed E-state index contributed by atoms with van der Waals surface area (Å²) in [7, 11) is 0. The van der Waals surface area contributed by atoms with Gasteiger partial charge in [-0.05, 0) is 143 Å². The maximum atomic E-state index is 6.91. The van der Waals surface area contributed by atoms with Gasteiger partial charge < -0.3 is 23.7 Å². The van der Waals surface area contributed by atoms with E-state index in [0.717, 1.165) is 95.4 Å². The summed E-state index contributed by atoms with van der Waals surface area (Å²) >= 11 is 0. The standard InChI is InChI=1S/C70H48N4O.C2H6/c1-6-19-49(20-7-1)52-23-18-32-57(43-52)71(53-24-8-2-9-25-53)61-37-41-65-66-42-38-62(48-70(66)75-69(65)47-61)73(55-28-12-4-13-29-55)60-36-40-64-63-39-35-59(45-67(63)74(68(64)46-60)56-30-14-5-15-31-56)72(54-26-10-3-11-27-54)58-34-33-50-21-16-17-22-51(50)44-58;1-2/h1-48H;1-2H3. The van der Waals surface area contributed by atoms with Crippen molar-refractivity contribution >= 4 is 106 Å². The molecule has 5 nitrogen and oxygen atoms in total. The van der Waals surface area contributed by atoms with Gasteiger partial charge in [0.1, 0.15) is 11.2 Å². The Kier molecular flexibility index (Phi) is 12.3. The van der Waals surface area contributed by atoms with Gasteiger partial charge in [-0.25, -0.2) is 0 Å². The van der Waals surface area contributed by atoms with Gasteiger partial charge >= 0.3 is 0 Å². The zero-order valence-electron chi connectivity index (χ0n) is 42.9. The minimum Gasteiger partial charge on any atom is -0.456 e. The fraction of sp³-hybridized carbons (Fsp3) is 0.0278. The molecule has 0 saturated heterocycles. The summed E-state index contributed by atoms with van der Waals surface area (Å²) in [5.74, 6) is 0. The summed E-state index contributed by atoms with van der Waals surface area (Å²) < 4.78 is 9.33. The number of anilines is 9. The monoisotopic (exact) mass is 990 g/mol. The van der Waals surface area contributed by atoms with E-state index in [1.807, 2.05) is 13.8 Å². The van der Waals surface area contributed by atoms with E-state index in [1.54, 1.807) is 0 Å². The van der Waals surface area contributed by atoms with Crippen LogP contribution in [0.2, 0.25) is 0 Å². The highest BCUT2D eigenvalue weighted by atomic mass is 16.3. The first-order chi connectivity index (χ1) is 38.2. The van der Waals surface area contributed by atoms with Crippen molar-refractivity contribution < 1.29 is 4.42 Å². The van der Waals surface area contributed by atoms with Crippen LogP contribution in [0.4, 0.5) is 51.2 Å². The van der Waals surface area contributed by atoms with E-state index in [2.05, 4.69) is 310 Å². The smallest absolute Gasteiger partial charge is 0.137 e. The molecule has 12 aromatic carbocycles. The molecule has 2 aromatic heterocycles. The minimum absolute atomic E-state index is 0.819. The number of aromatic nitrogens is 1. The molecule has 0 fully saturated rings. The molecule has 77 heavy (non-hydrogen) atoms. The van der Waals surface area contributed by atoms with Gasteiger partial charge in [0.2, 0.25) is 0 Å². The molecule has 0 N–H and O–H groups in total. The summed E-state index contributed by atoms with van der Waals surface area (Å²) in [6.07, 6.45) is 0. The summed E-state index contributed by atoms with van der Waals surface area (Å²) in [4.78, 5) is 7.00. The van der Waals surface area contributed by atoms with Crippen molar-refractivity contribution in [3.05, 3.63) is 291 Å². The van der Waals surface area contributed by atoms with Crippen molar-refractivity contribution in [2.24, 2.45) is 0 Å². The predicted octanol–water partition coefficient (Wildman–Crippen LogP) is 20.9. The molecule has 0 unspecified atom stereocenters. The van der Waals surface area contributed by atoms with E-state index in [1.165, 1.54) is 27.1 Å². The van der Waals surface area contributed by atoms with Gasteiger partial charge in [-0.2, -0.15) is 0 Å². The number of furan rings is 1. The molecule has 0 radical (unpaired) electrons. The average Bonchev–Trinajstić information content (AvgIpc) is 4.08. The van der Waals surface area contributed by atoms with E-state index < -0.39 is 0 Å². The Hall–Kier alpha value is -10.1. The zero-order chi connectivity index (χ0) is 51.7. The van der Waals surface area contributed by atoms with Crippen LogP contribution in [0.1, 0.15) is 13.8 Å². The van der Waals surface area contributed by atoms with Crippen molar-refractivity contribution in [2.75, 3.05) is 14.7 Å². The van der Waals surface area contributed by atoms with Gasteiger partial charge in [-0.1, -0.05) is 172 Å². The first-order valence-electron chi connectivity index (χ1n) is 26.5. The third-order valence-electron chi connectivity index (χ3n) is 14.5. The maximum Gasteiger partial charge on any atom is 0.137 e. The number of hydrogen-bond acceptors (Lipinski definition) is 4. The van der Waals surface area contributed by atoms with Gasteiger partial charge in [0.15, 0.2) is 0 Å². The Morgan fingerprint density at radius 1 is 0.260 bits per heavy atom. The SMILES string of the molecule is CC.c1ccc(-c2cccc(N(c3ccccc3)c3ccc4c(c3)oc3cc(N(c5ccccc5)c5ccc6c7ccc(N(c8ccccc8)c8ccc9ccccc9c8)cc7n(-c7ccccc7)c6c5)ccc34)c2)cc1. The highest BCUT2D eigenvalue weighted by Crippen LogP contribution is 2.45. The average molecular weight is 991 g/mol. The van der Waals surface area contributed by atoms with Crippen LogP contribution in [-0.4, -0.2) is 4.57 Å². The molecule has 2 heterocycles. The molecule has 368 valence electrons. The molecule has 0 aliphatic carbocycles. The van der Waals surface area contributed by atoms with Crippen LogP contribution in [0.25, 0.3) is 71.3 Å². The Labute approximate surface area is 449 Å². The lowest BCUT2D eigenvalue weighted by Gasteiger charge is -2.26. The van der Waals surface area contributed by atoms with Gasteiger partial charge in [-0.3, -0.25) is 0 Å². The molecule has 5 heteroatoms. The second-order valence-corrected chi connectivity index (χ2v) is 19.0. The molecule has 14 rings (SSSR count). The molecule has 0 aliphatic heterocycles. The van der Waals surface area contributed by atoms with E-state index in [-0.39, 0.29) is 0 Å². The van der Waals surface area contributed by atoms with Gasteiger partial charge in [0.25, 0.3) is 0 Å². The quantitative estimate of drug-likeness (QED) is 0.129. The van der Waals surface area contributed by atoms with E-state index >= 15 is 0 Å². The molecule has 0 aliphatic rings. The molecular weight excluding hydrogens is 937 g/mol. The van der Waals surface area contributed by atoms with Crippen molar-refractivity contribution in [1.29, 1.82) is 0 Å². The Morgan fingerprint density at radius 3 is 1.13 bits per heavy atom. The van der Waals surface area contributed by atoms with Crippen LogP contribution in [-0.2, 0) is 0 Å². The lowest BCUT2D eigenvalue weighted by Crippen LogP contribution is -2.10. The normalized spacial score (nSPS) is 11.2. The summed E-state index contributed by atoms with van der Waals surface area (Å²) in [6.45, 7) is 4.00. The lowest BCUT2D eigenvalue weighted by atomic mass is 10.0. The highest BCUT2D eigenvalue weighted by Gasteiger charge is 2.22. The van der Waals surface area contributed by atoms with Crippen LogP contribution in [0.5, 0.6) is 0 Å². The second-order valence-electron chi connectivity index (χ2n) is 19.0. The number of nitrogens with zero attached hydrogens (tertiary/aromatic N) is 4. The summed E-state index contributed by atoms with van der Waals surface area (Å²) in [5, 5.41) is 6.90. The van der Waals surface area contributed by atoms with Crippen LogP contribution in [0, 0.1) is 0 Å². The van der Waals surface area contributed by atoms with Crippen LogP contribution in [0.15, 0.2) is 296 Å². The topological polar surface area (TPSA) is 27.8 Å². The van der Waals surface area contributed by atoms with Gasteiger partial charge in [0, 0.05) is 90.6 Å². The predicted molar refractivity (Wildman–Crippen MR) is 326 cm³/mol. The van der Waals surface area contributed by atoms with Crippen LogP contribution >= 0.6 is 0 Å². The van der Waals surface area contributed by atoms with Crippen molar-refractivity contribution in [3.63, 3.8) is 0 Å². The number of para-hydroxylation sites is 4. The summed E-state index contributed by atoms with van der Waals surface area (Å²) in [6, 6.07) is 104. The number of benzene rings is 12. The largest absolute Gasteiger partial charge is 0.456 e. The molecule has 0 saturated carbocycles.